The third-order valence-electron chi connectivity index (χ3n) is 15.2. The number of benzene rings is 2. The number of carbonyl (C=O) groups is 8. The lowest BCUT2D eigenvalue weighted by atomic mass is 9.83. The van der Waals surface area contributed by atoms with Gasteiger partial charge in [-0.2, -0.15) is 5.10 Å². The summed E-state index contributed by atoms with van der Waals surface area (Å²) in [6.45, 7) is 12.9. The van der Waals surface area contributed by atoms with Crippen molar-refractivity contribution in [2.75, 3.05) is 45.5 Å². The summed E-state index contributed by atoms with van der Waals surface area (Å²) in [4.78, 5) is 108. The molecule has 23 heteroatoms. The SMILES string of the molecule is COc1cc2cc(c1Cl)N(C)C(=O)C[C@H](OC(=O)[C@H](C)N(C)C(=O)CCSSC(C)(C)CC(=O)N/N=C(/C)c1ccc(CC(=O)CCCCCN3C(=O)C=CC3=O)cc1)[C@]1(C)O[C@H]1[C@H](C)[C@@H]1C[C@@](O)(NC(=O)O1)[C@H](OC)/C=C/C=C(\C)C2. The third kappa shape index (κ3) is 17.0. The van der Waals surface area contributed by atoms with Gasteiger partial charge in [0.05, 0.1) is 31.0 Å². The number of halogens is 1. The van der Waals surface area contributed by atoms with E-state index in [-0.39, 0.29) is 66.5 Å². The minimum Gasteiger partial charge on any atom is -0.495 e. The smallest absolute Gasteiger partial charge is 0.409 e. The fourth-order valence-electron chi connectivity index (χ4n) is 9.99. The van der Waals surface area contributed by atoms with Crippen molar-refractivity contribution in [3.63, 3.8) is 0 Å². The summed E-state index contributed by atoms with van der Waals surface area (Å²) >= 11 is 6.84. The molecule has 4 aliphatic rings. The highest BCUT2D eigenvalue weighted by molar-refractivity contribution is 8.77. The number of anilines is 1. The highest BCUT2D eigenvalue weighted by Crippen LogP contribution is 2.49. The van der Waals surface area contributed by atoms with Gasteiger partial charge in [-0.25, -0.2) is 15.0 Å². The molecule has 4 bridgehead atoms. The molecule has 4 aliphatic heterocycles. The zero-order chi connectivity index (χ0) is 60.3. The van der Waals surface area contributed by atoms with Gasteiger partial charge in [-0.1, -0.05) is 94.6 Å². The summed E-state index contributed by atoms with van der Waals surface area (Å²) in [5, 5.41) is 18.9. The second-order valence-electron chi connectivity index (χ2n) is 22.1. The van der Waals surface area contributed by atoms with Crippen LogP contribution in [0.3, 0.4) is 0 Å². The van der Waals surface area contributed by atoms with E-state index in [1.54, 1.807) is 52.1 Å². The predicted octanol–water partition coefficient (Wildman–Crippen LogP) is 7.59. The van der Waals surface area contributed by atoms with Gasteiger partial charge in [-0.15, -0.1) is 0 Å². The van der Waals surface area contributed by atoms with Crippen LogP contribution in [0.5, 0.6) is 5.75 Å². The maximum Gasteiger partial charge on any atom is 0.409 e. The number of imide groups is 1. The number of aliphatic hydroxyl groups is 1. The number of hydrogen-bond acceptors (Lipinski definition) is 17. The summed E-state index contributed by atoms with van der Waals surface area (Å²) in [7, 11) is 8.80. The molecule has 0 aliphatic carbocycles. The number of methoxy groups -OCH3 is 2. The van der Waals surface area contributed by atoms with E-state index >= 15 is 0 Å². The number of rotatable bonds is 22. The molecule has 2 saturated heterocycles. The summed E-state index contributed by atoms with van der Waals surface area (Å²) in [5.74, 6) is -2.30. The molecule has 2 fully saturated rings. The molecule has 446 valence electrons. The Morgan fingerprint density at radius 1 is 1.05 bits per heavy atom. The molecule has 0 radical (unpaired) electrons. The molecule has 0 saturated carbocycles. The first-order valence-corrected chi connectivity index (χ1v) is 30.0. The number of esters is 1. The van der Waals surface area contributed by atoms with Gasteiger partial charge in [0.15, 0.2) is 5.72 Å². The molecule has 0 unspecified atom stereocenters. The van der Waals surface area contributed by atoms with Crippen molar-refractivity contribution in [1.82, 2.24) is 20.5 Å². The number of hydrazone groups is 1. The van der Waals surface area contributed by atoms with E-state index in [1.165, 1.54) is 76.6 Å². The molecule has 3 N–H and O–H groups in total. The number of ketones is 1. The Morgan fingerprint density at radius 2 is 1.74 bits per heavy atom. The van der Waals surface area contributed by atoms with E-state index in [4.69, 9.17) is 35.3 Å². The lowest BCUT2D eigenvalue weighted by Crippen LogP contribution is -2.63. The largest absolute Gasteiger partial charge is 0.495 e. The fourth-order valence-corrected chi connectivity index (χ4v) is 12.8. The molecule has 0 aromatic heterocycles. The quantitative estimate of drug-likeness (QED) is 0.0195. The van der Waals surface area contributed by atoms with Crippen LogP contribution < -0.4 is 20.4 Å². The van der Waals surface area contributed by atoms with Gasteiger partial charge in [0.2, 0.25) is 17.7 Å². The molecule has 8 atom stereocenters. The number of unbranched alkanes of at least 4 members (excludes halogenated alkanes) is 2. The summed E-state index contributed by atoms with van der Waals surface area (Å²) in [5.41, 5.74) is 3.71. The number of ether oxygens (including phenoxy) is 5. The Morgan fingerprint density at radius 3 is 2.41 bits per heavy atom. The standard InChI is InChI=1S/C59H77ClN6O14S2/c1-35-16-15-18-46(77-11)59(75)33-45(78-56(74)61-59)36(2)54-58(7,80-54)47(32-52(72)65(9)43-30-40(28-35)31-44(76-10)53(43)60)79-55(73)38(4)64(8)49(69)25-27-81-82-57(5,6)34-48(68)63-62-37(3)41-21-19-39(20-22-41)29-42(67)17-13-12-14-26-66-50(70)23-24-51(66)71/h15-16,18-24,30-31,36,38,45-47,54,75H,12-14,17,25-29,32-34H2,1-11H3,(H,61,74)(H,63,68)/b18-15+,35-16+,62-37-/t36-,38+,45+,46-,47+,54+,58+,59+/m1/s1. The Hall–Kier alpha value is -6.04. The van der Waals surface area contributed by atoms with E-state index in [0.717, 1.165) is 28.7 Å². The van der Waals surface area contributed by atoms with Gasteiger partial charge in [-0.05, 0) is 89.6 Å². The number of carbonyl (C=O) groups excluding carboxylic acids is 8. The van der Waals surface area contributed by atoms with Gasteiger partial charge in [-0.3, -0.25) is 39.0 Å². The Labute approximate surface area is 492 Å². The maximum atomic E-state index is 14.4. The molecule has 82 heavy (non-hydrogen) atoms. The first-order chi connectivity index (χ1) is 38.7. The minimum absolute atomic E-state index is 0.0581. The van der Waals surface area contributed by atoms with Crippen molar-refractivity contribution < 1.29 is 67.1 Å². The molecule has 6 rings (SSSR count). The number of Topliss-reactive ketones (excluding diaryl/α,β-unsaturated/α-hetero) is 1. The molecule has 4 heterocycles. The van der Waals surface area contributed by atoms with Crippen LogP contribution in [0.2, 0.25) is 5.02 Å². The zero-order valence-corrected chi connectivity index (χ0v) is 50.9. The summed E-state index contributed by atoms with van der Waals surface area (Å²) in [6.07, 6.45) is 5.91. The van der Waals surface area contributed by atoms with E-state index in [9.17, 15) is 43.5 Å². The number of fused-ring (bicyclic) bond motifs is 5. The van der Waals surface area contributed by atoms with Crippen molar-refractivity contribution in [3.8, 4) is 5.75 Å². The molecular formula is C59H77ClN6O14S2. The second kappa shape index (κ2) is 28.5. The Balaban J connectivity index is 1.01. The summed E-state index contributed by atoms with van der Waals surface area (Å²) in [6, 6.07) is 9.86. The molecule has 2 aromatic rings. The van der Waals surface area contributed by atoms with Crippen molar-refractivity contribution in [1.29, 1.82) is 0 Å². The number of hydrogen-bond donors (Lipinski definition) is 3. The molecule has 6 amide bonds. The number of nitrogens with one attached hydrogen (secondary N) is 2. The van der Waals surface area contributed by atoms with E-state index in [0.29, 0.717) is 55.1 Å². The first-order valence-electron chi connectivity index (χ1n) is 27.3. The van der Waals surface area contributed by atoms with Crippen LogP contribution >= 0.6 is 33.2 Å². The average molecular weight is 1190 g/mol. The lowest BCUT2D eigenvalue weighted by molar-refractivity contribution is -0.162. The van der Waals surface area contributed by atoms with Gasteiger partial charge in [0.25, 0.3) is 11.8 Å². The number of amides is 6. The van der Waals surface area contributed by atoms with E-state index in [1.807, 2.05) is 51.1 Å². The van der Waals surface area contributed by atoms with Crippen LogP contribution in [0.1, 0.15) is 117 Å². The van der Waals surface area contributed by atoms with Crippen molar-refractivity contribution in [3.05, 3.63) is 94.1 Å². The van der Waals surface area contributed by atoms with Crippen LogP contribution in [-0.4, -0.2) is 155 Å². The number of likely N-dealkylation sites (N-methyl/N-ethyl adjacent to an activating group) is 1. The topological polar surface area (TPSA) is 252 Å². The van der Waals surface area contributed by atoms with Crippen molar-refractivity contribution in [2.45, 2.75) is 159 Å². The Bertz CT molecular complexity index is 2840. The van der Waals surface area contributed by atoms with E-state index < -0.39 is 70.4 Å². The first kappa shape index (κ1) is 65.1. The second-order valence-corrected chi connectivity index (χ2v) is 25.6. The molecular weight excluding hydrogens is 1120 g/mol. The lowest BCUT2D eigenvalue weighted by Gasteiger charge is -2.42. The molecule has 2 aromatic carbocycles. The van der Waals surface area contributed by atoms with E-state index in [2.05, 4.69) is 15.8 Å². The van der Waals surface area contributed by atoms with Gasteiger partial charge in [0, 0.05) is 88.4 Å². The summed E-state index contributed by atoms with van der Waals surface area (Å²) < 4.78 is 29.0. The fraction of sp³-hybridized carbons (Fsp3) is 0.542. The van der Waals surface area contributed by atoms with Gasteiger partial charge >= 0.3 is 12.1 Å². The van der Waals surface area contributed by atoms with Crippen molar-refractivity contribution >= 4 is 92.0 Å². The third-order valence-corrected chi connectivity index (χ3v) is 18.8. The monoisotopic (exact) mass is 1190 g/mol. The van der Waals surface area contributed by atoms with Crippen LogP contribution in [0.25, 0.3) is 0 Å². The predicted molar refractivity (Wildman–Crippen MR) is 314 cm³/mol. The van der Waals surface area contributed by atoms with Crippen LogP contribution in [0.4, 0.5) is 10.5 Å². The number of nitrogens with zero attached hydrogens (tertiary/aromatic N) is 4. The van der Waals surface area contributed by atoms with Crippen molar-refractivity contribution in [2.24, 2.45) is 11.0 Å². The number of alkyl carbamates (subject to hydrolysis) is 1. The Kier molecular flexibility index (Phi) is 22.6. The van der Waals surface area contributed by atoms with Crippen LogP contribution in [-0.2, 0) is 65.4 Å². The normalized spacial score (nSPS) is 25.5. The molecule has 0 spiro atoms. The zero-order valence-electron chi connectivity index (χ0n) is 48.5. The number of allylic oxidation sites excluding steroid dienone is 3. The van der Waals surface area contributed by atoms with Crippen LogP contribution in [0, 0.1) is 5.92 Å². The highest BCUT2D eigenvalue weighted by Gasteiger charge is 2.64. The maximum absolute atomic E-state index is 14.4. The highest BCUT2D eigenvalue weighted by atomic mass is 35.5. The number of epoxide rings is 1. The van der Waals surface area contributed by atoms with Gasteiger partial charge < -0.3 is 38.6 Å². The van der Waals surface area contributed by atoms with Gasteiger partial charge in [0.1, 0.15) is 46.5 Å². The minimum atomic E-state index is -1.87. The van der Waals surface area contributed by atoms with Crippen LogP contribution in [0.15, 0.2) is 77.5 Å². The average Bonchev–Trinajstić information content (AvgIpc) is 3.97. The molecule has 20 nitrogen and oxygen atoms in total.